The summed E-state index contributed by atoms with van der Waals surface area (Å²) in [6.07, 6.45) is 0. The zero-order valence-corrected chi connectivity index (χ0v) is 12.6. The molecule has 19 heavy (non-hydrogen) atoms. The number of aryl methyl sites for hydroxylation is 1. The Balaban J connectivity index is 2.21. The molecule has 0 spiro atoms. The van der Waals surface area contributed by atoms with E-state index >= 15 is 0 Å². The van der Waals surface area contributed by atoms with Gasteiger partial charge in [-0.25, -0.2) is 0 Å². The van der Waals surface area contributed by atoms with Gasteiger partial charge in [-0.05, 0) is 42.1 Å². The number of anilines is 1. The van der Waals surface area contributed by atoms with Crippen LogP contribution in [0.1, 0.15) is 5.56 Å². The van der Waals surface area contributed by atoms with Gasteiger partial charge in [0.15, 0.2) is 11.6 Å². The highest BCUT2D eigenvalue weighted by atomic mass is 79.9. The van der Waals surface area contributed by atoms with Crippen LogP contribution in [0, 0.1) is 6.92 Å². The Morgan fingerprint density at radius 1 is 1.32 bits per heavy atom. The Kier molecular flexibility index (Phi) is 3.16. The largest absolute Gasteiger partial charge is 0.380 e. The summed E-state index contributed by atoms with van der Waals surface area (Å²) < 4.78 is 6.44. The third kappa shape index (κ3) is 2.31. The van der Waals surface area contributed by atoms with Crippen molar-refractivity contribution in [2.45, 2.75) is 6.92 Å². The van der Waals surface area contributed by atoms with Crippen LogP contribution in [0.15, 0.2) is 44.7 Å². The summed E-state index contributed by atoms with van der Waals surface area (Å²) in [7, 11) is 0. The van der Waals surface area contributed by atoms with Gasteiger partial charge in [0.2, 0.25) is 0 Å². The lowest BCUT2D eigenvalue weighted by molar-refractivity contribution is 0.436. The van der Waals surface area contributed by atoms with Gasteiger partial charge in [-0.3, -0.25) is 0 Å². The number of nitrogens with zero attached hydrogens (tertiary/aromatic N) is 1. The molecule has 2 heterocycles. The Hall–Kier alpha value is -1.59. The zero-order valence-electron chi connectivity index (χ0n) is 10.2. The molecule has 1 aromatic carbocycles. The molecule has 5 heteroatoms. The molecule has 3 rings (SSSR count). The maximum absolute atomic E-state index is 5.94. The molecule has 0 fully saturated rings. The summed E-state index contributed by atoms with van der Waals surface area (Å²) in [6.45, 7) is 2.04. The smallest absolute Gasteiger partial charge is 0.177 e. The summed E-state index contributed by atoms with van der Waals surface area (Å²) in [5.41, 5.74) is 8.93. The Morgan fingerprint density at radius 2 is 2.16 bits per heavy atom. The summed E-state index contributed by atoms with van der Waals surface area (Å²) in [4.78, 5) is 1.06. The van der Waals surface area contributed by atoms with Crippen molar-refractivity contribution >= 4 is 33.1 Å². The summed E-state index contributed by atoms with van der Waals surface area (Å²) in [5, 5.41) is 5.91. The number of thiophene rings is 1. The summed E-state index contributed by atoms with van der Waals surface area (Å²) in [6, 6.07) is 10.1. The van der Waals surface area contributed by atoms with Gasteiger partial charge in [0, 0.05) is 14.9 Å². The van der Waals surface area contributed by atoms with Crippen LogP contribution < -0.4 is 5.73 Å². The number of hydrogen-bond acceptors (Lipinski definition) is 4. The number of aromatic nitrogens is 1. The van der Waals surface area contributed by atoms with Crippen molar-refractivity contribution in [1.82, 2.24) is 5.16 Å². The first-order chi connectivity index (χ1) is 9.15. The fourth-order valence-corrected chi connectivity index (χ4v) is 3.41. The van der Waals surface area contributed by atoms with Crippen LogP contribution >= 0.6 is 27.3 Å². The maximum Gasteiger partial charge on any atom is 0.177 e. The Morgan fingerprint density at radius 3 is 2.84 bits per heavy atom. The van der Waals surface area contributed by atoms with Gasteiger partial charge in [-0.2, -0.15) is 0 Å². The molecule has 0 saturated heterocycles. The SMILES string of the molecule is Cc1cc(Br)cc(-c2onc(N)c2-c2cccs2)c1. The van der Waals surface area contributed by atoms with Crippen LogP contribution in [0.2, 0.25) is 0 Å². The van der Waals surface area contributed by atoms with Crippen molar-refractivity contribution in [1.29, 1.82) is 0 Å². The highest BCUT2D eigenvalue weighted by molar-refractivity contribution is 9.10. The van der Waals surface area contributed by atoms with Gasteiger partial charge in [0.1, 0.15) is 0 Å². The van der Waals surface area contributed by atoms with Crippen LogP contribution in [0.25, 0.3) is 21.8 Å². The van der Waals surface area contributed by atoms with Crippen LogP contribution in [-0.2, 0) is 0 Å². The number of rotatable bonds is 2. The van der Waals surface area contributed by atoms with E-state index in [0.29, 0.717) is 11.6 Å². The van der Waals surface area contributed by atoms with Gasteiger partial charge in [-0.1, -0.05) is 27.2 Å². The minimum absolute atomic E-state index is 0.426. The molecular weight excluding hydrogens is 324 g/mol. The van der Waals surface area contributed by atoms with E-state index < -0.39 is 0 Å². The molecule has 3 aromatic rings. The molecule has 2 aromatic heterocycles. The molecule has 0 aliphatic carbocycles. The predicted molar refractivity (Wildman–Crippen MR) is 82.1 cm³/mol. The molecule has 0 bridgehead atoms. The Bertz CT molecular complexity index is 699. The second kappa shape index (κ2) is 4.83. The Labute approximate surface area is 123 Å². The molecule has 96 valence electrons. The van der Waals surface area contributed by atoms with Crippen molar-refractivity contribution in [3.8, 4) is 21.8 Å². The maximum atomic E-state index is 5.94. The van der Waals surface area contributed by atoms with Crippen LogP contribution in [0.4, 0.5) is 5.82 Å². The van der Waals surface area contributed by atoms with Crippen molar-refractivity contribution in [2.75, 3.05) is 5.73 Å². The molecule has 0 unspecified atom stereocenters. The van der Waals surface area contributed by atoms with E-state index in [1.165, 1.54) is 0 Å². The highest BCUT2D eigenvalue weighted by Crippen LogP contribution is 2.39. The number of benzene rings is 1. The second-order valence-corrected chi connectivity index (χ2v) is 6.13. The van der Waals surface area contributed by atoms with Gasteiger partial charge < -0.3 is 10.3 Å². The van der Waals surface area contributed by atoms with E-state index in [2.05, 4.69) is 27.2 Å². The van der Waals surface area contributed by atoms with E-state index in [4.69, 9.17) is 10.3 Å². The first-order valence-electron chi connectivity index (χ1n) is 5.72. The summed E-state index contributed by atoms with van der Waals surface area (Å²) in [5.74, 6) is 1.14. The minimum Gasteiger partial charge on any atom is -0.380 e. The fourth-order valence-electron chi connectivity index (χ4n) is 2.03. The topological polar surface area (TPSA) is 52.0 Å². The van der Waals surface area contributed by atoms with Gasteiger partial charge in [0.05, 0.1) is 5.56 Å². The van der Waals surface area contributed by atoms with Crippen LogP contribution in [0.5, 0.6) is 0 Å². The van der Waals surface area contributed by atoms with E-state index in [-0.39, 0.29) is 0 Å². The predicted octanol–water partition coefficient (Wildman–Crippen LogP) is 4.72. The third-order valence-corrected chi connectivity index (χ3v) is 4.14. The lowest BCUT2D eigenvalue weighted by Gasteiger charge is -2.03. The van der Waals surface area contributed by atoms with Gasteiger partial charge in [0.25, 0.3) is 0 Å². The molecular formula is C14H11BrN2OS. The number of nitrogens with two attached hydrogens (primary N) is 1. The standard InChI is InChI=1S/C14H11BrN2OS/c1-8-5-9(7-10(15)6-8)13-12(14(16)17-18-13)11-3-2-4-19-11/h2-7H,1H3,(H2,16,17). The van der Waals surface area contributed by atoms with E-state index in [1.807, 2.05) is 36.6 Å². The van der Waals surface area contributed by atoms with E-state index in [9.17, 15) is 0 Å². The van der Waals surface area contributed by atoms with E-state index in [1.54, 1.807) is 11.3 Å². The quantitative estimate of drug-likeness (QED) is 0.737. The number of halogens is 1. The first kappa shape index (κ1) is 12.4. The van der Waals surface area contributed by atoms with Crippen LogP contribution in [-0.4, -0.2) is 5.16 Å². The average Bonchev–Trinajstić information content (AvgIpc) is 2.96. The second-order valence-electron chi connectivity index (χ2n) is 4.27. The monoisotopic (exact) mass is 334 g/mol. The number of hydrogen-bond donors (Lipinski definition) is 1. The van der Waals surface area contributed by atoms with Gasteiger partial charge >= 0.3 is 0 Å². The van der Waals surface area contributed by atoms with Gasteiger partial charge in [-0.15, -0.1) is 11.3 Å². The normalized spacial score (nSPS) is 10.8. The average molecular weight is 335 g/mol. The lowest BCUT2D eigenvalue weighted by Crippen LogP contribution is -1.87. The molecule has 2 N–H and O–H groups in total. The van der Waals surface area contributed by atoms with Crippen molar-refractivity contribution in [3.05, 3.63) is 45.7 Å². The fraction of sp³-hybridized carbons (Fsp3) is 0.0714. The zero-order chi connectivity index (χ0) is 13.4. The molecule has 0 radical (unpaired) electrons. The molecule has 0 atom stereocenters. The number of nitrogen functional groups attached to an aromatic ring is 1. The molecule has 0 aliphatic heterocycles. The molecule has 0 aliphatic rings. The van der Waals surface area contributed by atoms with Crippen LogP contribution in [0.3, 0.4) is 0 Å². The van der Waals surface area contributed by atoms with Crippen molar-refractivity contribution in [3.63, 3.8) is 0 Å². The summed E-state index contributed by atoms with van der Waals surface area (Å²) >= 11 is 5.12. The molecule has 0 saturated carbocycles. The third-order valence-electron chi connectivity index (χ3n) is 2.79. The van der Waals surface area contributed by atoms with Crippen molar-refractivity contribution < 1.29 is 4.52 Å². The van der Waals surface area contributed by atoms with Crippen molar-refractivity contribution in [2.24, 2.45) is 0 Å². The molecule has 0 amide bonds. The lowest BCUT2D eigenvalue weighted by atomic mass is 10.1. The minimum atomic E-state index is 0.426. The first-order valence-corrected chi connectivity index (χ1v) is 7.39. The highest BCUT2D eigenvalue weighted by Gasteiger charge is 2.18. The molecule has 3 nitrogen and oxygen atoms in total. The van der Waals surface area contributed by atoms with E-state index in [0.717, 1.165) is 26.0 Å².